The Kier molecular flexibility index (Phi) is 6.56. The van der Waals surface area contributed by atoms with E-state index in [1.165, 1.54) is 5.56 Å². The molecule has 0 unspecified atom stereocenters. The van der Waals surface area contributed by atoms with Gasteiger partial charge >= 0.3 is 0 Å². The molecule has 3 aromatic rings. The Balaban J connectivity index is 1.11. The zero-order valence-electron chi connectivity index (χ0n) is 19.1. The summed E-state index contributed by atoms with van der Waals surface area (Å²) in [7, 11) is 0. The quantitative estimate of drug-likeness (QED) is 0.536. The maximum atomic E-state index is 12.8. The lowest BCUT2D eigenvalue weighted by atomic mass is 9.90. The molecule has 2 aliphatic rings. The van der Waals surface area contributed by atoms with Crippen molar-refractivity contribution in [1.82, 2.24) is 4.90 Å². The molecule has 1 amide bonds. The van der Waals surface area contributed by atoms with Crippen molar-refractivity contribution in [1.29, 1.82) is 0 Å². The molecule has 3 aromatic carbocycles. The van der Waals surface area contributed by atoms with E-state index in [4.69, 9.17) is 14.2 Å². The Hall–Kier alpha value is -3.67. The smallest absolute Gasteiger partial charge is 0.260 e. The minimum Gasteiger partial charge on any atom is -0.507 e. The predicted octanol–water partition coefficient (Wildman–Crippen LogP) is 5.04. The summed E-state index contributed by atoms with van der Waals surface area (Å²) in [5.41, 5.74) is 2.73. The molecule has 6 nitrogen and oxygen atoms in total. The van der Waals surface area contributed by atoms with Crippen LogP contribution in [0.1, 0.15) is 24.8 Å². The van der Waals surface area contributed by atoms with Crippen LogP contribution in [0.2, 0.25) is 0 Å². The molecule has 0 aromatic heterocycles. The molecule has 5 rings (SSSR count). The standard InChI is InChI=1S/C28H29NO5/c30-24-7-3-1-5-22(24)23-6-2-4-8-25(23)32-18-28(31)29-15-13-20(14-16-29)9-10-21-11-12-26-27(17-21)34-19-33-26/h1-8,11-12,17,20,30H,9-10,13-16,18-19H2. The van der Waals surface area contributed by atoms with Crippen LogP contribution >= 0.6 is 0 Å². The number of nitrogens with zero attached hydrogens (tertiary/aromatic N) is 1. The largest absolute Gasteiger partial charge is 0.507 e. The lowest BCUT2D eigenvalue weighted by Gasteiger charge is -2.32. The summed E-state index contributed by atoms with van der Waals surface area (Å²) < 4.78 is 16.8. The van der Waals surface area contributed by atoms with Gasteiger partial charge in [0.05, 0.1) is 0 Å². The number of carbonyl (C=O) groups is 1. The zero-order chi connectivity index (χ0) is 23.3. The van der Waals surface area contributed by atoms with Crippen molar-refractivity contribution in [3.05, 3.63) is 72.3 Å². The van der Waals surface area contributed by atoms with Crippen molar-refractivity contribution in [2.24, 2.45) is 5.92 Å². The molecule has 0 radical (unpaired) electrons. The first kappa shape index (κ1) is 22.1. The number of fused-ring (bicyclic) bond motifs is 1. The summed E-state index contributed by atoms with van der Waals surface area (Å²) in [6, 6.07) is 20.8. The second-order valence-electron chi connectivity index (χ2n) is 8.85. The molecule has 1 N–H and O–H groups in total. The third kappa shape index (κ3) is 4.96. The minimum absolute atomic E-state index is 0.00121. The highest BCUT2D eigenvalue weighted by molar-refractivity contribution is 5.79. The van der Waals surface area contributed by atoms with Gasteiger partial charge in [-0.2, -0.15) is 0 Å². The van der Waals surface area contributed by atoms with Crippen LogP contribution in [0.4, 0.5) is 0 Å². The summed E-state index contributed by atoms with van der Waals surface area (Å²) in [5.74, 6) is 3.05. The Morgan fingerprint density at radius 1 is 0.941 bits per heavy atom. The minimum atomic E-state index is -0.00747. The number of ether oxygens (including phenoxy) is 3. The van der Waals surface area contributed by atoms with Crippen LogP contribution in [0.15, 0.2) is 66.7 Å². The van der Waals surface area contributed by atoms with Crippen LogP contribution in [0.25, 0.3) is 11.1 Å². The Morgan fingerprint density at radius 3 is 2.50 bits per heavy atom. The van der Waals surface area contributed by atoms with Gasteiger partial charge in [-0.15, -0.1) is 0 Å². The number of hydrogen-bond acceptors (Lipinski definition) is 5. The first-order valence-corrected chi connectivity index (χ1v) is 11.8. The fourth-order valence-corrected chi connectivity index (χ4v) is 4.69. The van der Waals surface area contributed by atoms with Gasteiger partial charge in [-0.25, -0.2) is 0 Å². The van der Waals surface area contributed by atoms with Gasteiger partial charge in [-0.3, -0.25) is 4.79 Å². The van der Waals surface area contributed by atoms with E-state index in [1.807, 2.05) is 47.4 Å². The number of aromatic hydroxyl groups is 1. The SMILES string of the molecule is O=C(COc1ccccc1-c1ccccc1O)N1CCC(CCc2ccc3c(c2)OCO3)CC1. The molecule has 0 saturated carbocycles. The van der Waals surface area contributed by atoms with Gasteiger partial charge in [0.2, 0.25) is 6.79 Å². The lowest BCUT2D eigenvalue weighted by Crippen LogP contribution is -2.41. The van der Waals surface area contributed by atoms with Crippen LogP contribution in [-0.2, 0) is 11.2 Å². The molecule has 0 bridgehead atoms. The van der Waals surface area contributed by atoms with E-state index in [0.717, 1.165) is 55.8 Å². The van der Waals surface area contributed by atoms with Gasteiger partial charge in [0, 0.05) is 24.2 Å². The lowest BCUT2D eigenvalue weighted by molar-refractivity contribution is -0.134. The second-order valence-corrected chi connectivity index (χ2v) is 8.85. The summed E-state index contributed by atoms with van der Waals surface area (Å²) in [4.78, 5) is 14.7. The fourth-order valence-electron chi connectivity index (χ4n) is 4.69. The number of para-hydroxylation sites is 2. The number of carbonyl (C=O) groups excluding carboxylic acids is 1. The molecule has 1 saturated heterocycles. The predicted molar refractivity (Wildman–Crippen MR) is 129 cm³/mol. The van der Waals surface area contributed by atoms with Gasteiger partial charge in [0.25, 0.3) is 5.91 Å². The maximum Gasteiger partial charge on any atom is 0.260 e. The van der Waals surface area contributed by atoms with Crippen LogP contribution in [-0.4, -0.2) is 42.4 Å². The van der Waals surface area contributed by atoms with Gasteiger partial charge in [0.15, 0.2) is 18.1 Å². The highest BCUT2D eigenvalue weighted by atomic mass is 16.7. The number of rotatable bonds is 7. The molecule has 0 aliphatic carbocycles. The Morgan fingerprint density at radius 2 is 1.68 bits per heavy atom. The van der Waals surface area contributed by atoms with Gasteiger partial charge in [-0.05, 0) is 61.4 Å². The number of phenolic OH excluding ortho intramolecular Hbond substituents is 1. The number of likely N-dealkylation sites (tertiary alicyclic amines) is 1. The first-order chi connectivity index (χ1) is 16.7. The number of amides is 1. The van der Waals surface area contributed by atoms with E-state index >= 15 is 0 Å². The van der Waals surface area contributed by atoms with Gasteiger partial charge < -0.3 is 24.2 Å². The van der Waals surface area contributed by atoms with Crippen molar-refractivity contribution >= 4 is 5.91 Å². The Bertz CT molecular complexity index is 1150. The molecule has 6 heteroatoms. The van der Waals surface area contributed by atoms with Crippen molar-refractivity contribution in [3.8, 4) is 34.1 Å². The van der Waals surface area contributed by atoms with Crippen molar-refractivity contribution in [2.45, 2.75) is 25.7 Å². The van der Waals surface area contributed by atoms with Crippen molar-refractivity contribution in [3.63, 3.8) is 0 Å². The molecule has 2 heterocycles. The molecular weight excluding hydrogens is 430 g/mol. The van der Waals surface area contributed by atoms with E-state index in [2.05, 4.69) is 12.1 Å². The normalized spacial score (nSPS) is 15.4. The molecule has 34 heavy (non-hydrogen) atoms. The number of aryl methyl sites for hydroxylation is 1. The van der Waals surface area contributed by atoms with Crippen LogP contribution < -0.4 is 14.2 Å². The van der Waals surface area contributed by atoms with Gasteiger partial charge in [0.1, 0.15) is 11.5 Å². The highest BCUT2D eigenvalue weighted by Crippen LogP contribution is 2.36. The van der Waals surface area contributed by atoms with E-state index in [1.54, 1.807) is 12.1 Å². The summed E-state index contributed by atoms with van der Waals surface area (Å²) >= 11 is 0. The molecular formula is C28H29NO5. The van der Waals surface area contributed by atoms with E-state index in [-0.39, 0.29) is 18.3 Å². The average molecular weight is 460 g/mol. The van der Waals surface area contributed by atoms with Crippen molar-refractivity contribution < 1.29 is 24.1 Å². The van der Waals surface area contributed by atoms with Gasteiger partial charge in [-0.1, -0.05) is 42.5 Å². The second kappa shape index (κ2) is 10.1. The molecule has 0 atom stereocenters. The van der Waals surface area contributed by atoms with E-state index in [0.29, 0.717) is 24.0 Å². The molecule has 176 valence electrons. The molecule has 0 spiro atoms. The number of piperidine rings is 1. The maximum absolute atomic E-state index is 12.8. The van der Waals surface area contributed by atoms with E-state index < -0.39 is 0 Å². The molecule has 2 aliphatic heterocycles. The van der Waals surface area contributed by atoms with Crippen LogP contribution in [0.5, 0.6) is 23.0 Å². The summed E-state index contributed by atoms with van der Waals surface area (Å²) in [5, 5.41) is 10.2. The summed E-state index contributed by atoms with van der Waals surface area (Å²) in [6.07, 6.45) is 4.11. The van der Waals surface area contributed by atoms with E-state index in [9.17, 15) is 9.90 Å². The summed E-state index contributed by atoms with van der Waals surface area (Å²) in [6.45, 7) is 1.81. The molecule has 1 fully saturated rings. The van der Waals surface area contributed by atoms with Crippen molar-refractivity contribution in [2.75, 3.05) is 26.5 Å². The zero-order valence-corrected chi connectivity index (χ0v) is 19.1. The van der Waals surface area contributed by atoms with Crippen LogP contribution in [0, 0.1) is 5.92 Å². The number of hydrogen-bond donors (Lipinski definition) is 1. The van der Waals surface area contributed by atoms with Crippen LogP contribution in [0.3, 0.4) is 0 Å². The Labute approximate surface area is 199 Å². The highest BCUT2D eigenvalue weighted by Gasteiger charge is 2.23. The number of benzene rings is 3. The fraction of sp³-hybridized carbons (Fsp3) is 0.321. The third-order valence-electron chi connectivity index (χ3n) is 6.68. The monoisotopic (exact) mass is 459 g/mol. The third-order valence-corrected chi connectivity index (χ3v) is 6.68. The first-order valence-electron chi connectivity index (χ1n) is 11.8. The topological polar surface area (TPSA) is 68.2 Å². The number of phenols is 1. The average Bonchev–Trinajstić information content (AvgIpc) is 3.35.